The van der Waals surface area contributed by atoms with Crippen LogP contribution in [0.1, 0.15) is 5.56 Å². The zero-order valence-electron chi connectivity index (χ0n) is 7.23. The van der Waals surface area contributed by atoms with Gasteiger partial charge in [-0.05, 0) is 24.1 Å². The highest BCUT2D eigenvalue weighted by Crippen LogP contribution is 2.28. The predicted octanol–water partition coefficient (Wildman–Crippen LogP) is 0.947. The van der Waals surface area contributed by atoms with Gasteiger partial charge < -0.3 is 14.4 Å². The van der Waals surface area contributed by atoms with Crippen LogP contribution in [0.3, 0.4) is 0 Å². The molecular weight excluding hydrogens is 192 g/mol. The first-order valence-corrected chi connectivity index (χ1v) is 4.60. The number of aromatic hydroxyl groups is 1. The third-order valence-electron chi connectivity index (χ3n) is 1.72. The number of benzene rings is 1. The summed E-state index contributed by atoms with van der Waals surface area (Å²) in [4.78, 5) is 0.0526. The van der Waals surface area contributed by atoms with Crippen LogP contribution >= 0.6 is 0 Å². The third-order valence-corrected chi connectivity index (χ3v) is 2.50. The molecule has 0 heterocycles. The Morgan fingerprint density at radius 3 is 2.62 bits per heavy atom. The number of phenolic OH excluding ortho intramolecular Hbond substituents is 1. The van der Waals surface area contributed by atoms with Crippen molar-refractivity contribution < 1.29 is 18.6 Å². The van der Waals surface area contributed by atoms with Gasteiger partial charge in [0.2, 0.25) is 0 Å². The van der Waals surface area contributed by atoms with Gasteiger partial charge in [-0.1, -0.05) is 0 Å². The predicted molar refractivity (Wildman–Crippen MR) is 46.6 cm³/mol. The summed E-state index contributed by atoms with van der Waals surface area (Å²) in [6, 6.07) is 2.73. The largest absolute Gasteiger partial charge is 0.768 e. The molecule has 0 aliphatic heterocycles. The van der Waals surface area contributed by atoms with Crippen LogP contribution in [0.5, 0.6) is 11.5 Å². The molecule has 0 aliphatic carbocycles. The lowest BCUT2D eigenvalue weighted by Gasteiger charge is -2.12. The van der Waals surface area contributed by atoms with Crippen molar-refractivity contribution in [3.05, 3.63) is 17.7 Å². The Morgan fingerprint density at radius 1 is 1.54 bits per heavy atom. The average Bonchev–Trinajstić information content (AvgIpc) is 2.09. The second kappa shape index (κ2) is 3.76. The molecule has 0 aromatic heterocycles. The van der Waals surface area contributed by atoms with Crippen LogP contribution in [0.15, 0.2) is 17.0 Å². The maximum atomic E-state index is 10.7. The number of methoxy groups -OCH3 is 1. The molecule has 0 radical (unpaired) electrons. The second-order valence-electron chi connectivity index (χ2n) is 2.50. The fourth-order valence-corrected chi connectivity index (χ4v) is 1.51. The van der Waals surface area contributed by atoms with Crippen molar-refractivity contribution in [2.45, 2.75) is 11.8 Å². The maximum Gasteiger partial charge on any atom is 0.123 e. The van der Waals surface area contributed by atoms with E-state index in [2.05, 4.69) is 0 Å². The van der Waals surface area contributed by atoms with Crippen LogP contribution in [0.2, 0.25) is 0 Å². The van der Waals surface area contributed by atoms with Crippen LogP contribution in [0.25, 0.3) is 0 Å². The highest BCUT2D eigenvalue weighted by molar-refractivity contribution is 7.79. The summed E-state index contributed by atoms with van der Waals surface area (Å²) in [5.41, 5.74) is 0.328. The molecule has 0 bridgehead atoms. The minimum atomic E-state index is -2.35. The fraction of sp³-hybridized carbons (Fsp3) is 0.250. The van der Waals surface area contributed by atoms with Crippen molar-refractivity contribution in [2.24, 2.45) is 0 Å². The normalized spacial score (nSPS) is 12.5. The van der Waals surface area contributed by atoms with E-state index < -0.39 is 11.1 Å². The van der Waals surface area contributed by atoms with Gasteiger partial charge in [0.1, 0.15) is 11.5 Å². The van der Waals surface area contributed by atoms with Gasteiger partial charge in [-0.3, -0.25) is 4.21 Å². The van der Waals surface area contributed by atoms with Gasteiger partial charge in [-0.25, -0.2) is 0 Å². The Balaban J connectivity index is 3.33. The molecular formula is C8H9O4S-. The molecule has 4 nitrogen and oxygen atoms in total. The number of ether oxygens (including phenoxy) is 1. The van der Waals surface area contributed by atoms with E-state index in [0.717, 1.165) is 0 Å². The first-order valence-electron chi connectivity index (χ1n) is 3.53. The van der Waals surface area contributed by atoms with Gasteiger partial charge in [0.05, 0.1) is 7.11 Å². The molecule has 1 aromatic carbocycles. The summed E-state index contributed by atoms with van der Waals surface area (Å²) in [5.74, 6) is 0.237. The van der Waals surface area contributed by atoms with Crippen LogP contribution in [0.4, 0.5) is 0 Å². The third kappa shape index (κ3) is 1.99. The molecule has 0 aliphatic rings. The second-order valence-corrected chi connectivity index (χ2v) is 3.41. The molecule has 72 valence electrons. The van der Waals surface area contributed by atoms with E-state index in [4.69, 9.17) is 4.74 Å². The van der Waals surface area contributed by atoms with E-state index in [9.17, 15) is 13.9 Å². The zero-order chi connectivity index (χ0) is 10.0. The number of rotatable bonds is 2. The van der Waals surface area contributed by atoms with Crippen LogP contribution in [-0.4, -0.2) is 21.0 Å². The first-order chi connectivity index (χ1) is 6.06. The Morgan fingerprint density at radius 2 is 2.15 bits per heavy atom. The Labute approximate surface area is 78.4 Å². The van der Waals surface area contributed by atoms with Crippen molar-refractivity contribution in [1.29, 1.82) is 0 Å². The molecule has 0 spiro atoms. The van der Waals surface area contributed by atoms with E-state index in [0.29, 0.717) is 11.3 Å². The first kappa shape index (κ1) is 10.0. The highest BCUT2D eigenvalue weighted by atomic mass is 32.2. The molecule has 1 aromatic rings. The highest BCUT2D eigenvalue weighted by Gasteiger charge is 2.06. The van der Waals surface area contributed by atoms with Crippen molar-refractivity contribution >= 4 is 11.1 Å². The van der Waals surface area contributed by atoms with Crippen LogP contribution in [-0.2, 0) is 11.1 Å². The fourth-order valence-electron chi connectivity index (χ4n) is 0.939. The van der Waals surface area contributed by atoms with Gasteiger partial charge in [0.25, 0.3) is 0 Å². The van der Waals surface area contributed by atoms with Gasteiger partial charge in [-0.15, -0.1) is 0 Å². The van der Waals surface area contributed by atoms with Crippen molar-refractivity contribution in [1.82, 2.24) is 0 Å². The lowest BCUT2D eigenvalue weighted by molar-refractivity contribution is 0.404. The molecule has 5 heteroatoms. The molecule has 0 saturated heterocycles. The van der Waals surface area contributed by atoms with E-state index in [-0.39, 0.29) is 10.6 Å². The van der Waals surface area contributed by atoms with Gasteiger partial charge >= 0.3 is 0 Å². The topological polar surface area (TPSA) is 69.6 Å². The summed E-state index contributed by atoms with van der Waals surface area (Å²) >= 11 is -2.35. The maximum absolute atomic E-state index is 10.7. The van der Waals surface area contributed by atoms with E-state index in [1.165, 1.54) is 26.2 Å². The summed E-state index contributed by atoms with van der Waals surface area (Å²) in [5, 5.41) is 9.31. The van der Waals surface area contributed by atoms with Crippen molar-refractivity contribution in [3.8, 4) is 11.5 Å². The zero-order valence-corrected chi connectivity index (χ0v) is 8.05. The summed E-state index contributed by atoms with van der Waals surface area (Å²) < 4.78 is 26.2. The molecule has 1 rings (SSSR count). The smallest absolute Gasteiger partial charge is 0.123 e. The SMILES string of the molecule is COc1cc(O)c(C)c(S(=O)[O-])c1. The lowest BCUT2D eigenvalue weighted by Crippen LogP contribution is -1.94. The van der Waals surface area contributed by atoms with Crippen molar-refractivity contribution in [2.75, 3.05) is 7.11 Å². The van der Waals surface area contributed by atoms with Gasteiger partial charge in [-0.2, -0.15) is 0 Å². The molecule has 0 amide bonds. The van der Waals surface area contributed by atoms with Crippen LogP contribution in [0, 0.1) is 6.92 Å². The number of hydrogen-bond donors (Lipinski definition) is 1. The monoisotopic (exact) mass is 201 g/mol. The number of phenols is 1. The van der Waals surface area contributed by atoms with Gasteiger partial charge in [0.15, 0.2) is 0 Å². The Kier molecular flexibility index (Phi) is 2.90. The average molecular weight is 201 g/mol. The van der Waals surface area contributed by atoms with E-state index in [1.807, 2.05) is 0 Å². The molecule has 1 unspecified atom stereocenters. The summed E-state index contributed by atoms with van der Waals surface area (Å²) in [6.07, 6.45) is 0. The van der Waals surface area contributed by atoms with E-state index in [1.54, 1.807) is 0 Å². The van der Waals surface area contributed by atoms with Gasteiger partial charge in [0, 0.05) is 16.5 Å². The minimum absolute atomic E-state index is 0.0526. The molecule has 0 saturated carbocycles. The molecule has 1 atom stereocenters. The number of hydrogen-bond acceptors (Lipinski definition) is 4. The quantitative estimate of drug-likeness (QED) is 0.723. The van der Waals surface area contributed by atoms with Crippen molar-refractivity contribution in [3.63, 3.8) is 0 Å². The summed E-state index contributed by atoms with van der Waals surface area (Å²) in [7, 11) is 1.40. The minimum Gasteiger partial charge on any atom is -0.768 e. The standard InChI is InChI=1S/C8H10O4S/c1-5-7(9)3-6(12-2)4-8(5)13(10)11/h3-4,9H,1-2H3,(H,10,11)/p-1. The molecule has 13 heavy (non-hydrogen) atoms. The molecule has 0 fully saturated rings. The van der Waals surface area contributed by atoms with E-state index >= 15 is 0 Å². The summed E-state index contributed by atoms with van der Waals surface area (Å²) in [6.45, 7) is 1.53. The Hall–Kier alpha value is -1.07. The molecule has 1 N–H and O–H groups in total. The Bertz CT molecular complexity index is 348. The van der Waals surface area contributed by atoms with Crippen LogP contribution < -0.4 is 4.74 Å². The lowest BCUT2D eigenvalue weighted by atomic mass is 10.2.